The van der Waals surface area contributed by atoms with Gasteiger partial charge in [0.25, 0.3) is 0 Å². The summed E-state index contributed by atoms with van der Waals surface area (Å²) in [7, 11) is 0. The van der Waals surface area contributed by atoms with Gasteiger partial charge in [0.2, 0.25) is 5.95 Å². The Morgan fingerprint density at radius 2 is 1.78 bits per heavy atom. The first-order valence-corrected chi connectivity index (χ1v) is 14.0. The van der Waals surface area contributed by atoms with Crippen LogP contribution in [0.5, 0.6) is 0 Å². The monoisotopic (exact) mass is 557 g/mol. The highest BCUT2D eigenvalue weighted by molar-refractivity contribution is 5.78. The zero-order valence-corrected chi connectivity index (χ0v) is 23.9. The number of carbonyl (C=O) groups is 1. The molecule has 0 saturated carbocycles. The lowest BCUT2D eigenvalue weighted by molar-refractivity contribution is 0.00568. The number of fused-ring (bicyclic) bond motifs is 3. The number of aromatic nitrogens is 4. The predicted octanol–water partition coefficient (Wildman–Crippen LogP) is 6.06. The molecule has 2 aliphatic rings. The Kier molecular flexibility index (Phi) is 6.67. The molecule has 41 heavy (non-hydrogen) atoms. The largest absolute Gasteiger partial charge is 0.444 e. The predicted molar refractivity (Wildman–Crippen MR) is 156 cm³/mol. The van der Waals surface area contributed by atoms with Gasteiger partial charge in [-0.15, -0.1) is 0 Å². The van der Waals surface area contributed by atoms with Gasteiger partial charge < -0.3 is 24.7 Å². The Morgan fingerprint density at radius 1 is 1.02 bits per heavy atom. The summed E-state index contributed by atoms with van der Waals surface area (Å²) in [6, 6.07) is 7.80. The van der Waals surface area contributed by atoms with Crippen LogP contribution in [0.1, 0.15) is 69.2 Å². The number of oxazole rings is 1. The lowest BCUT2D eigenvalue weighted by atomic mass is 9.86. The third-order valence-corrected chi connectivity index (χ3v) is 7.75. The third-order valence-electron chi connectivity index (χ3n) is 7.75. The fourth-order valence-corrected chi connectivity index (χ4v) is 6.02. The minimum absolute atomic E-state index is 0.189. The molecule has 3 aromatic heterocycles. The number of ether oxygens (including phenoxy) is 1. The summed E-state index contributed by atoms with van der Waals surface area (Å²) >= 11 is 0. The van der Waals surface area contributed by atoms with Crippen molar-refractivity contribution in [1.82, 2.24) is 24.8 Å². The van der Waals surface area contributed by atoms with Gasteiger partial charge in [-0.2, -0.15) is 4.98 Å². The Bertz CT molecular complexity index is 1660. The van der Waals surface area contributed by atoms with E-state index in [0.717, 1.165) is 53.9 Å². The van der Waals surface area contributed by atoms with Gasteiger partial charge in [-0.05, 0) is 90.1 Å². The molecule has 2 saturated heterocycles. The first kappa shape index (κ1) is 26.8. The molecule has 1 aromatic carbocycles. The van der Waals surface area contributed by atoms with Crippen molar-refractivity contribution in [3.63, 3.8) is 0 Å². The van der Waals surface area contributed by atoms with E-state index in [0.29, 0.717) is 28.8 Å². The van der Waals surface area contributed by atoms with Crippen molar-refractivity contribution in [2.45, 2.75) is 83.9 Å². The highest BCUT2D eigenvalue weighted by Gasteiger charge is 2.45. The Morgan fingerprint density at radius 3 is 2.49 bits per heavy atom. The number of rotatable bonds is 5. The number of piperidine rings is 1. The molecule has 11 nitrogen and oxygen atoms in total. The number of aryl methyl sites for hydroxylation is 2. The molecular weight excluding hydrogens is 522 g/mol. The molecule has 2 bridgehead atoms. The molecule has 0 radical (unpaired) electrons. The zero-order chi connectivity index (χ0) is 28.9. The smallest absolute Gasteiger partial charge is 0.417 e. The lowest BCUT2D eigenvalue weighted by Crippen LogP contribution is -2.48. The quantitative estimate of drug-likeness (QED) is 0.267. The van der Waals surface area contributed by atoms with Crippen LogP contribution >= 0.6 is 0 Å². The van der Waals surface area contributed by atoms with E-state index in [4.69, 9.17) is 14.1 Å². The first-order valence-electron chi connectivity index (χ1n) is 14.0. The topological polar surface area (TPSA) is 138 Å². The standard InChI is InChI=1S/C30H35N7O4/c1-16-10-20(15-31-25(16)18-11-21-7-8-22(12-18)37(21)29(39)41-30(3,4)5)34-27-32-14-17(2)26(36-27)33-19-6-9-24-23(13-19)35-28(38)40-24/h6,9-10,13-15,18,21-22H,7-8,11-12H2,1-5H3,(H,35,38)(H2,32,33,34,36). The van der Waals surface area contributed by atoms with Crippen LogP contribution in [0.15, 0.2) is 45.9 Å². The van der Waals surface area contributed by atoms with Crippen molar-refractivity contribution in [3.05, 3.63) is 64.0 Å². The normalized spacial score (nSPS) is 20.3. The van der Waals surface area contributed by atoms with E-state index in [9.17, 15) is 9.59 Å². The summed E-state index contributed by atoms with van der Waals surface area (Å²) in [5.74, 6) is 0.888. The molecule has 0 aliphatic carbocycles. The highest BCUT2D eigenvalue weighted by Crippen LogP contribution is 2.44. The minimum atomic E-state index is -0.498. The van der Waals surface area contributed by atoms with Gasteiger partial charge in [0.05, 0.1) is 17.4 Å². The number of anilines is 4. The number of pyridine rings is 1. The van der Waals surface area contributed by atoms with Crippen molar-refractivity contribution in [3.8, 4) is 0 Å². The van der Waals surface area contributed by atoms with Crippen molar-refractivity contribution in [2.75, 3.05) is 10.6 Å². The van der Waals surface area contributed by atoms with E-state index >= 15 is 0 Å². The summed E-state index contributed by atoms with van der Waals surface area (Å²) < 4.78 is 10.8. The second-order valence-corrected chi connectivity index (χ2v) is 12.1. The number of H-pyrrole nitrogens is 1. The van der Waals surface area contributed by atoms with Crippen LogP contribution in [0.25, 0.3) is 11.1 Å². The molecule has 0 spiro atoms. The van der Waals surface area contributed by atoms with E-state index < -0.39 is 11.4 Å². The van der Waals surface area contributed by atoms with E-state index in [1.165, 1.54) is 0 Å². The number of nitrogens with zero attached hydrogens (tertiary/aromatic N) is 4. The Labute approximate surface area is 237 Å². The van der Waals surface area contributed by atoms with Gasteiger partial charge in [0, 0.05) is 41.1 Å². The van der Waals surface area contributed by atoms with E-state index in [2.05, 4.69) is 38.6 Å². The highest BCUT2D eigenvalue weighted by atomic mass is 16.6. The van der Waals surface area contributed by atoms with E-state index in [1.54, 1.807) is 18.3 Å². The summed E-state index contributed by atoms with van der Waals surface area (Å²) in [6.45, 7) is 9.73. The summed E-state index contributed by atoms with van der Waals surface area (Å²) in [4.78, 5) is 42.9. The zero-order valence-electron chi connectivity index (χ0n) is 23.9. The molecule has 2 unspecified atom stereocenters. The Hall–Kier alpha value is -4.41. The molecule has 2 aliphatic heterocycles. The second-order valence-electron chi connectivity index (χ2n) is 12.1. The molecule has 2 fully saturated rings. The molecule has 1 amide bonds. The van der Waals surface area contributed by atoms with Crippen LogP contribution in [-0.4, -0.2) is 48.6 Å². The molecule has 214 valence electrons. The molecular formula is C30H35N7O4. The van der Waals surface area contributed by atoms with Crippen LogP contribution in [0.2, 0.25) is 0 Å². The molecule has 5 heterocycles. The number of nitrogens with one attached hydrogen (secondary N) is 3. The fourth-order valence-electron chi connectivity index (χ4n) is 6.02. The average Bonchev–Trinajstić information content (AvgIpc) is 3.40. The van der Waals surface area contributed by atoms with Gasteiger partial charge in [-0.3, -0.25) is 9.97 Å². The van der Waals surface area contributed by atoms with Crippen molar-refractivity contribution in [1.29, 1.82) is 0 Å². The maximum atomic E-state index is 12.9. The van der Waals surface area contributed by atoms with Gasteiger partial charge in [-0.1, -0.05) is 0 Å². The van der Waals surface area contributed by atoms with Crippen LogP contribution in [0.3, 0.4) is 0 Å². The number of carbonyl (C=O) groups excluding carboxylic acids is 1. The number of benzene rings is 1. The maximum absolute atomic E-state index is 12.9. The van der Waals surface area contributed by atoms with Crippen LogP contribution in [0, 0.1) is 13.8 Å². The number of hydrogen-bond donors (Lipinski definition) is 3. The van der Waals surface area contributed by atoms with Gasteiger partial charge in [-0.25, -0.2) is 14.6 Å². The fraction of sp³-hybridized carbons (Fsp3) is 0.433. The van der Waals surface area contributed by atoms with Gasteiger partial charge in [0.1, 0.15) is 11.4 Å². The van der Waals surface area contributed by atoms with E-state index in [-0.39, 0.29) is 18.2 Å². The SMILES string of the molecule is Cc1cnc(Nc2cnc(C3CC4CCC(C3)N4C(=O)OC(C)(C)C)c(C)c2)nc1Nc1ccc2oc(=O)[nH]c2c1. The van der Waals surface area contributed by atoms with Crippen LogP contribution in [0.4, 0.5) is 27.9 Å². The molecule has 6 rings (SSSR count). The minimum Gasteiger partial charge on any atom is -0.444 e. The average molecular weight is 558 g/mol. The third kappa shape index (κ3) is 5.61. The van der Waals surface area contributed by atoms with Crippen LogP contribution in [-0.2, 0) is 4.74 Å². The molecule has 11 heteroatoms. The van der Waals surface area contributed by atoms with Gasteiger partial charge >= 0.3 is 11.8 Å². The summed E-state index contributed by atoms with van der Waals surface area (Å²) in [6.07, 6.45) is 7.18. The lowest BCUT2D eigenvalue weighted by Gasteiger charge is -2.39. The van der Waals surface area contributed by atoms with Crippen molar-refractivity contribution in [2.24, 2.45) is 0 Å². The first-order chi connectivity index (χ1) is 19.5. The molecule has 3 N–H and O–H groups in total. The molecule has 2 atom stereocenters. The van der Waals surface area contributed by atoms with Crippen molar-refractivity contribution >= 4 is 40.3 Å². The molecule has 4 aromatic rings. The maximum Gasteiger partial charge on any atom is 0.417 e. The van der Waals surface area contributed by atoms with Crippen LogP contribution < -0.4 is 16.4 Å². The number of aromatic amines is 1. The second kappa shape index (κ2) is 10.2. The Balaban J connectivity index is 1.14. The number of hydrogen-bond acceptors (Lipinski definition) is 9. The summed E-state index contributed by atoms with van der Waals surface area (Å²) in [5.41, 5.74) is 5.21. The summed E-state index contributed by atoms with van der Waals surface area (Å²) in [5, 5.41) is 6.57. The number of amides is 1. The van der Waals surface area contributed by atoms with Gasteiger partial charge in [0.15, 0.2) is 5.58 Å². The van der Waals surface area contributed by atoms with E-state index in [1.807, 2.05) is 44.9 Å². The van der Waals surface area contributed by atoms with Crippen molar-refractivity contribution < 1.29 is 13.9 Å².